The summed E-state index contributed by atoms with van der Waals surface area (Å²) in [7, 11) is 0. The number of nitrogens with zero attached hydrogens (tertiary/aromatic N) is 1. The first-order valence-electron chi connectivity index (χ1n) is 4.09. The van der Waals surface area contributed by atoms with Gasteiger partial charge in [-0.25, -0.2) is 4.39 Å². The SMILES string of the molecule is O=C(O)CCc1cnc(CO)c(F)c1. The van der Waals surface area contributed by atoms with Gasteiger partial charge >= 0.3 is 5.97 Å². The highest BCUT2D eigenvalue weighted by Gasteiger charge is 2.05. The number of hydrogen-bond donors (Lipinski definition) is 2. The van der Waals surface area contributed by atoms with E-state index in [9.17, 15) is 9.18 Å². The van der Waals surface area contributed by atoms with Crippen LogP contribution >= 0.6 is 0 Å². The number of hydrogen-bond acceptors (Lipinski definition) is 3. The van der Waals surface area contributed by atoms with Gasteiger partial charge in [0.05, 0.1) is 6.61 Å². The summed E-state index contributed by atoms with van der Waals surface area (Å²) in [5.74, 6) is -1.54. The molecule has 0 unspecified atom stereocenters. The Labute approximate surface area is 80.0 Å². The Kier molecular flexibility index (Phi) is 3.53. The second-order valence-electron chi connectivity index (χ2n) is 2.82. The van der Waals surface area contributed by atoms with Gasteiger partial charge in [0, 0.05) is 12.6 Å². The van der Waals surface area contributed by atoms with Crippen molar-refractivity contribution in [3.8, 4) is 0 Å². The minimum absolute atomic E-state index is 0.0240. The Hall–Kier alpha value is -1.49. The van der Waals surface area contributed by atoms with Gasteiger partial charge in [0.25, 0.3) is 0 Å². The molecular weight excluding hydrogens is 189 g/mol. The van der Waals surface area contributed by atoms with Gasteiger partial charge in [-0.05, 0) is 18.1 Å². The zero-order valence-electron chi connectivity index (χ0n) is 7.40. The fourth-order valence-corrected chi connectivity index (χ4v) is 1.01. The molecule has 1 heterocycles. The molecule has 0 saturated heterocycles. The Bertz CT molecular complexity index is 341. The maximum atomic E-state index is 13.0. The van der Waals surface area contributed by atoms with Gasteiger partial charge in [-0.15, -0.1) is 0 Å². The third-order valence-corrected chi connectivity index (χ3v) is 1.75. The van der Waals surface area contributed by atoms with Gasteiger partial charge in [0.2, 0.25) is 0 Å². The van der Waals surface area contributed by atoms with E-state index in [2.05, 4.69) is 4.98 Å². The molecule has 2 N–H and O–H groups in total. The van der Waals surface area contributed by atoms with Crippen molar-refractivity contribution in [1.29, 1.82) is 0 Å². The summed E-state index contributed by atoms with van der Waals surface area (Å²) in [6.07, 6.45) is 1.56. The molecule has 0 spiro atoms. The van der Waals surface area contributed by atoms with Crippen molar-refractivity contribution in [3.05, 3.63) is 29.3 Å². The number of aromatic nitrogens is 1. The number of carboxylic acids is 1. The Morgan fingerprint density at radius 2 is 2.29 bits per heavy atom. The number of aliphatic carboxylic acids is 1. The largest absolute Gasteiger partial charge is 0.481 e. The zero-order valence-corrected chi connectivity index (χ0v) is 7.40. The molecule has 14 heavy (non-hydrogen) atoms. The molecule has 0 atom stereocenters. The average molecular weight is 199 g/mol. The van der Waals surface area contributed by atoms with Crippen LogP contribution in [0.3, 0.4) is 0 Å². The smallest absolute Gasteiger partial charge is 0.303 e. The summed E-state index contributed by atoms with van der Waals surface area (Å²) < 4.78 is 13.0. The highest BCUT2D eigenvalue weighted by Crippen LogP contribution is 2.08. The Morgan fingerprint density at radius 3 is 2.79 bits per heavy atom. The summed E-state index contributed by atoms with van der Waals surface area (Å²) in [5, 5.41) is 17.0. The molecule has 0 amide bonds. The number of aliphatic hydroxyl groups excluding tert-OH is 1. The Morgan fingerprint density at radius 1 is 1.57 bits per heavy atom. The van der Waals surface area contributed by atoms with Crippen LogP contribution in [0, 0.1) is 5.82 Å². The third-order valence-electron chi connectivity index (χ3n) is 1.75. The molecule has 1 aromatic heterocycles. The van der Waals surface area contributed by atoms with E-state index in [1.165, 1.54) is 12.3 Å². The maximum absolute atomic E-state index is 13.0. The molecule has 0 saturated carbocycles. The quantitative estimate of drug-likeness (QED) is 0.749. The minimum Gasteiger partial charge on any atom is -0.481 e. The molecule has 4 nitrogen and oxygen atoms in total. The van der Waals surface area contributed by atoms with E-state index in [0.717, 1.165) is 0 Å². The monoisotopic (exact) mass is 199 g/mol. The van der Waals surface area contributed by atoms with E-state index in [1.54, 1.807) is 0 Å². The van der Waals surface area contributed by atoms with Crippen molar-refractivity contribution in [3.63, 3.8) is 0 Å². The van der Waals surface area contributed by atoms with Gasteiger partial charge in [0.15, 0.2) is 0 Å². The standard InChI is InChI=1S/C9H10FNO3/c10-7-3-6(1-2-9(13)14)4-11-8(7)5-12/h3-4,12H,1-2,5H2,(H,13,14). The molecule has 76 valence electrons. The number of aliphatic hydroxyl groups is 1. The van der Waals surface area contributed by atoms with Crippen LogP contribution < -0.4 is 0 Å². The number of aryl methyl sites for hydroxylation is 1. The molecule has 0 bridgehead atoms. The fourth-order valence-electron chi connectivity index (χ4n) is 1.01. The molecule has 0 fully saturated rings. The molecular formula is C9H10FNO3. The van der Waals surface area contributed by atoms with Crippen LogP contribution in [0.4, 0.5) is 4.39 Å². The normalized spacial score (nSPS) is 10.1. The van der Waals surface area contributed by atoms with Gasteiger partial charge < -0.3 is 10.2 Å². The van der Waals surface area contributed by atoms with E-state index >= 15 is 0 Å². The van der Waals surface area contributed by atoms with Gasteiger partial charge in [0.1, 0.15) is 11.5 Å². The maximum Gasteiger partial charge on any atom is 0.303 e. The number of rotatable bonds is 4. The lowest BCUT2D eigenvalue weighted by Gasteiger charge is -2.01. The zero-order chi connectivity index (χ0) is 10.6. The second kappa shape index (κ2) is 4.66. The van der Waals surface area contributed by atoms with Crippen molar-refractivity contribution in [1.82, 2.24) is 4.98 Å². The number of pyridine rings is 1. The predicted molar refractivity (Wildman–Crippen MR) is 46.1 cm³/mol. The minimum atomic E-state index is -0.934. The number of halogens is 1. The molecule has 0 aliphatic rings. The van der Waals surface area contributed by atoms with Crippen LogP contribution in [-0.2, 0) is 17.8 Å². The average Bonchev–Trinajstić information content (AvgIpc) is 2.15. The third kappa shape index (κ3) is 2.77. The van der Waals surface area contributed by atoms with Crippen molar-refractivity contribution >= 4 is 5.97 Å². The summed E-state index contributed by atoms with van der Waals surface area (Å²) in [4.78, 5) is 13.9. The molecule has 1 aromatic rings. The van der Waals surface area contributed by atoms with Crippen LogP contribution in [0.1, 0.15) is 17.7 Å². The molecule has 0 aliphatic carbocycles. The van der Waals surface area contributed by atoms with Crippen LogP contribution in [0.5, 0.6) is 0 Å². The van der Waals surface area contributed by atoms with E-state index in [0.29, 0.717) is 5.56 Å². The Balaban J connectivity index is 2.71. The van der Waals surface area contributed by atoms with Crippen LogP contribution in [0.25, 0.3) is 0 Å². The summed E-state index contributed by atoms with van der Waals surface area (Å²) >= 11 is 0. The number of carbonyl (C=O) groups is 1. The van der Waals surface area contributed by atoms with Gasteiger partial charge in [-0.2, -0.15) is 0 Å². The van der Waals surface area contributed by atoms with Gasteiger partial charge in [-0.3, -0.25) is 9.78 Å². The van der Waals surface area contributed by atoms with E-state index in [1.807, 2.05) is 0 Å². The van der Waals surface area contributed by atoms with E-state index < -0.39 is 18.4 Å². The van der Waals surface area contributed by atoms with E-state index in [-0.39, 0.29) is 18.5 Å². The highest BCUT2D eigenvalue weighted by molar-refractivity contribution is 5.67. The lowest BCUT2D eigenvalue weighted by molar-refractivity contribution is -0.136. The molecule has 0 aliphatic heterocycles. The summed E-state index contributed by atoms with van der Waals surface area (Å²) in [5.41, 5.74) is 0.492. The molecule has 0 aromatic carbocycles. The van der Waals surface area contributed by atoms with Crippen LogP contribution in [0.2, 0.25) is 0 Å². The first kappa shape index (κ1) is 10.6. The van der Waals surface area contributed by atoms with Crippen molar-refractivity contribution in [2.45, 2.75) is 19.4 Å². The van der Waals surface area contributed by atoms with Gasteiger partial charge in [-0.1, -0.05) is 0 Å². The first-order valence-corrected chi connectivity index (χ1v) is 4.09. The van der Waals surface area contributed by atoms with Crippen LogP contribution in [-0.4, -0.2) is 21.2 Å². The van der Waals surface area contributed by atoms with Crippen molar-refractivity contribution in [2.24, 2.45) is 0 Å². The molecule has 1 rings (SSSR count). The highest BCUT2D eigenvalue weighted by atomic mass is 19.1. The fraction of sp³-hybridized carbons (Fsp3) is 0.333. The summed E-state index contributed by atoms with van der Waals surface area (Å²) in [6.45, 7) is -0.453. The number of carboxylic acid groups (broad SMARTS) is 1. The first-order chi connectivity index (χ1) is 6.63. The van der Waals surface area contributed by atoms with Crippen molar-refractivity contribution in [2.75, 3.05) is 0 Å². The lowest BCUT2D eigenvalue weighted by atomic mass is 10.1. The second-order valence-corrected chi connectivity index (χ2v) is 2.82. The molecule has 5 heteroatoms. The predicted octanol–water partition coefficient (Wildman–Crippen LogP) is 0.730. The lowest BCUT2D eigenvalue weighted by Crippen LogP contribution is -2.01. The van der Waals surface area contributed by atoms with E-state index in [4.69, 9.17) is 10.2 Å². The van der Waals surface area contributed by atoms with Crippen molar-refractivity contribution < 1.29 is 19.4 Å². The topological polar surface area (TPSA) is 70.4 Å². The summed E-state index contributed by atoms with van der Waals surface area (Å²) in [6, 6.07) is 1.20. The molecule has 0 radical (unpaired) electrons. The van der Waals surface area contributed by atoms with Crippen LogP contribution in [0.15, 0.2) is 12.3 Å².